The van der Waals surface area contributed by atoms with E-state index in [1.54, 1.807) is 11.0 Å². The zero-order chi connectivity index (χ0) is 17.6. The average Bonchev–Trinajstić information content (AvgIpc) is 3.01. The number of anilines is 1. The lowest BCUT2D eigenvalue weighted by Gasteiger charge is -2.08. The van der Waals surface area contributed by atoms with Gasteiger partial charge in [0, 0.05) is 11.6 Å². The van der Waals surface area contributed by atoms with Gasteiger partial charge in [0.2, 0.25) is 5.95 Å². The highest BCUT2D eigenvalue weighted by molar-refractivity contribution is 7.80. The Morgan fingerprint density at radius 1 is 1.16 bits per heavy atom. The summed E-state index contributed by atoms with van der Waals surface area (Å²) in [7, 11) is 0. The van der Waals surface area contributed by atoms with Gasteiger partial charge in [-0.1, -0.05) is 53.6 Å². The van der Waals surface area contributed by atoms with E-state index >= 15 is 0 Å². The maximum absolute atomic E-state index is 5.87. The van der Waals surface area contributed by atoms with Crippen LogP contribution in [0.4, 0.5) is 5.95 Å². The van der Waals surface area contributed by atoms with E-state index in [1.807, 2.05) is 30.3 Å². The number of thiocarbonyl (C=S) groups is 1. The third kappa shape index (κ3) is 5.27. The second-order valence-corrected chi connectivity index (χ2v) is 6.53. The second kappa shape index (κ2) is 8.09. The number of aromatic nitrogens is 3. The van der Waals surface area contributed by atoms with E-state index in [-0.39, 0.29) is 0 Å². The Bertz CT molecular complexity index is 860. The van der Waals surface area contributed by atoms with Gasteiger partial charge in [-0.15, -0.1) is 5.10 Å². The van der Waals surface area contributed by atoms with Gasteiger partial charge in [-0.2, -0.15) is 0 Å². The lowest BCUT2D eigenvalue weighted by atomic mass is 10.1. The van der Waals surface area contributed by atoms with E-state index in [0.29, 0.717) is 29.2 Å². The normalized spacial score (nSPS) is 10.5. The fourth-order valence-corrected chi connectivity index (χ4v) is 2.65. The van der Waals surface area contributed by atoms with Gasteiger partial charge in [0.15, 0.2) is 5.11 Å². The molecule has 0 aliphatic rings. The molecule has 3 aromatic rings. The Morgan fingerprint density at radius 3 is 2.72 bits per heavy atom. The van der Waals surface area contributed by atoms with Crippen LogP contribution in [0.1, 0.15) is 16.7 Å². The van der Waals surface area contributed by atoms with Gasteiger partial charge in [0.25, 0.3) is 0 Å². The largest absolute Gasteiger partial charge is 0.358 e. The summed E-state index contributed by atoms with van der Waals surface area (Å²) in [5.74, 6) is 0.473. The molecule has 0 saturated heterocycles. The lowest BCUT2D eigenvalue weighted by Crippen LogP contribution is -2.28. The van der Waals surface area contributed by atoms with Gasteiger partial charge >= 0.3 is 0 Å². The first-order valence-corrected chi connectivity index (χ1v) is 8.61. The molecule has 5 nitrogen and oxygen atoms in total. The SMILES string of the molecule is Cc1cccc(Cn2cnc(NC(=S)NCc3ccc(Cl)cc3)n2)c1. The zero-order valence-corrected chi connectivity index (χ0v) is 15.3. The van der Waals surface area contributed by atoms with Gasteiger partial charge in [-0.25, -0.2) is 9.67 Å². The first kappa shape index (κ1) is 17.4. The van der Waals surface area contributed by atoms with Gasteiger partial charge in [0.1, 0.15) is 6.33 Å². The van der Waals surface area contributed by atoms with E-state index in [2.05, 4.69) is 45.8 Å². The van der Waals surface area contributed by atoms with Crippen LogP contribution in [0.15, 0.2) is 54.9 Å². The van der Waals surface area contributed by atoms with Crippen molar-refractivity contribution in [3.05, 3.63) is 76.6 Å². The van der Waals surface area contributed by atoms with Crippen molar-refractivity contribution in [1.82, 2.24) is 20.1 Å². The number of hydrogen-bond acceptors (Lipinski definition) is 3. The quantitative estimate of drug-likeness (QED) is 0.668. The maximum atomic E-state index is 5.87. The molecule has 2 N–H and O–H groups in total. The van der Waals surface area contributed by atoms with Crippen molar-refractivity contribution in [1.29, 1.82) is 0 Å². The summed E-state index contributed by atoms with van der Waals surface area (Å²) in [6, 6.07) is 15.9. The number of nitrogens with one attached hydrogen (secondary N) is 2. The Morgan fingerprint density at radius 2 is 1.96 bits per heavy atom. The summed E-state index contributed by atoms with van der Waals surface area (Å²) < 4.78 is 1.78. The van der Waals surface area contributed by atoms with E-state index in [0.717, 1.165) is 5.56 Å². The fraction of sp³-hybridized carbons (Fsp3) is 0.167. The van der Waals surface area contributed by atoms with E-state index < -0.39 is 0 Å². The molecule has 1 heterocycles. The molecule has 0 fully saturated rings. The molecule has 0 amide bonds. The van der Waals surface area contributed by atoms with Crippen molar-refractivity contribution in [2.24, 2.45) is 0 Å². The molecule has 0 bridgehead atoms. The van der Waals surface area contributed by atoms with Crippen LogP contribution < -0.4 is 10.6 Å². The van der Waals surface area contributed by atoms with Crippen LogP contribution in [0, 0.1) is 6.92 Å². The zero-order valence-electron chi connectivity index (χ0n) is 13.7. The van der Waals surface area contributed by atoms with Crippen molar-refractivity contribution in [2.45, 2.75) is 20.0 Å². The molecule has 128 valence electrons. The van der Waals surface area contributed by atoms with Crippen molar-refractivity contribution in [3.8, 4) is 0 Å². The molecule has 0 aliphatic heterocycles. The molecule has 25 heavy (non-hydrogen) atoms. The molecule has 7 heteroatoms. The van der Waals surface area contributed by atoms with Gasteiger partial charge in [-0.05, 0) is 42.4 Å². The third-order valence-electron chi connectivity index (χ3n) is 3.56. The van der Waals surface area contributed by atoms with Crippen LogP contribution in [-0.2, 0) is 13.1 Å². The monoisotopic (exact) mass is 371 g/mol. The summed E-state index contributed by atoms with van der Waals surface area (Å²) >= 11 is 11.2. The standard InChI is InChI=1S/C18H18ClN5S/c1-13-3-2-4-15(9-13)11-24-12-21-17(23-24)22-18(25)20-10-14-5-7-16(19)8-6-14/h2-9,12H,10-11H2,1H3,(H2,20,22,23,25). The van der Waals surface area contributed by atoms with Crippen LogP contribution in [-0.4, -0.2) is 19.9 Å². The second-order valence-electron chi connectivity index (χ2n) is 5.69. The highest BCUT2D eigenvalue weighted by atomic mass is 35.5. The molecule has 3 rings (SSSR count). The molecule has 0 unspecified atom stereocenters. The van der Waals surface area contributed by atoms with E-state index in [9.17, 15) is 0 Å². The summed E-state index contributed by atoms with van der Waals surface area (Å²) in [5, 5.41) is 11.7. The first-order valence-electron chi connectivity index (χ1n) is 7.83. The van der Waals surface area contributed by atoms with Gasteiger partial charge in [-0.3, -0.25) is 5.32 Å². The molecule has 1 aromatic heterocycles. The highest BCUT2D eigenvalue weighted by Gasteiger charge is 2.04. The van der Waals surface area contributed by atoms with Gasteiger partial charge < -0.3 is 5.32 Å². The van der Waals surface area contributed by atoms with Crippen LogP contribution in [0.25, 0.3) is 0 Å². The Balaban J connectivity index is 1.52. The predicted molar refractivity (Wildman–Crippen MR) is 105 cm³/mol. The first-order chi connectivity index (χ1) is 12.1. The average molecular weight is 372 g/mol. The summed E-state index contributed by atoms with van der Waals surface area (Å²) in [6.07, 6.45) is 1.69. The smallest absolute Gasteiger partial charge is 0.248 e. The van der Waals surface area contributed by atoms with Crippen LogP contribution in [0.3, 0.4) is 0 Å². The van der Waals surface area contributed by atoms with Crippen LogP contribution in [0.2, 0.25) is 5.02 Å². The Labute approximate surface area is 157 Å². The number of hydrogen-bond donors (Lipinski definition) is 2. The molecule has 0 radical (unpaired) electrons. The third-order valence-corrected chi connectivity index (χ3v) is 4.05. The van der Waals surface area contributed by atoms with Crippen molar-refractivity contribution < 1.29 is 0 Å². The topological polar surface area (TPSA) is 54.8 Å². The minimum absolute atomic E-state index is 0.473. The van der Waals surface area contributed by atoms with Crippen LogP contribution >= 0.6 is 23.8 Å². The van der Waals surface area contributed by atoms with Crippen LogP contribution in [0.5, 0.6) is 0 Å². The number of halogens is 1. The molecule has 2 aromatic carbocycles. The Kier molecular flexibility index (Phi) is 5.63. The Hall–Kier alpha value is -2.44. The summed E-state index contributed by atoms with van der Waals surface area (Å²) in [5.41, 5.74) is 3.50. The molecular weight excluding hydrogens is 354 g/mol. The number of rotatable bonds is 5. The maximum Gasteiger partial charge on any atom is 0.248 e. The molecule has 0 aliphatic carbocycles. The molecular formula is C18H18ClN5S. The number of benzene rings is 2. The number of aryl methyl sites for hydroxylation is 1. The fourth-order valence-electron chi connectivity index (χ4n) is 2.36. The minimum atomic E-state index is 0.473. The van der Waals surface area contributed by atoms with Gasteiger partial charge in [0.05, 0.1) is 6.54 Å². The van der Waals surface area contributed by atoms with Crippen molar-refractivity contribution >= 4 is 34.9 Å². The summed E-state index contributed by atoms with van der Waals surface area (Å²) in [4.78, 5) is 4.24. The van der Waals surface area contributed by atoms with Crippen molar-refractivity contribution in [2.75, 3.05) is 5.32 Å². The van der Waals surface area contributed by atoms with E-state index in [1.165, 1.54) is 11.1 Å². The molecule has 0 saturated carbocycles. The highest BCUT2D eigenvalue weighted by Crippen LogP contribution is 2.09. The number of nitrogens with zero attached hydrogens (tertiary/aromatic N) is 3. The van der Waals surface area contributed by atoms with Crippen molar-refractivity contribution in [3.63, 3.8) is 0 Å². The lowest BCUT2D eigenvalue weighted by molar-refractivity contribution is 0.687. The summed E-state index contributed by atoms with van der Waals surface area (Å²) in [6.45, 7) is 3.34. The van der Waals surface area contributed by atoms with E-state index in [4.69, 9.17) is 23.8 Å². The molecule has 0 atom stereocenters. The minimum Gasteiger partial charge on any atom is -0.358 e. The molecule has 0 spiro atoms. The predicted octanol–water partition coefficient (Wildman–Crippen LogP) is 3.77.